The molecule has 4 rings (SSSR count). The molecule has 1 heterocycles. The molecule has 0 radical (unpaired) electrons. The molecule has 4 aromatic rings. The van der Waals surface area contributed by atoms with Gasteiger partial charge in [0.25, 0.3) is 10.0 Å². The normalized spacial score (nSPS) is 11.3. The van der Waals surface area contributed by atoms with Crippen LogP contribution in [-0.4, -0.2) is 13.4 Å². The number of aromatic nitrogens is 1. The average molecular weight is 421 g/mol. The van der Waals surface area contributed by atoms with Gasteiger partial charge in [0.15, 0.2) is 0 Å². The van der Waals surface area contributed by atoms with Gasteiger partial charge in [0.1, 0.15) is 5.01 Å². The molecule has 1 aromatic heterocycles. The first-order chi connectivity index (χ1) is 14.0. The summed E-state index contributed by atoms with van der Waals surface area (Å²) in [4.78, 5) is 4.96. The van der Waals surface area contributed by atoms with Crippen LogP contribution in [0.4, 0.5) is 5.69 Å². The Balaban J connectivity index is 1.58. The van der Waals surface area contributed by atoms with E-state index in [2.05, 4.69) is 4.72 Å². The fraction of sp³-hybridized carbons (Fsp3) is 0.0870. The highest BCUT2D eigenvalue weighted by Gasteiger charge is 2.15. The third-order valence-electron chi connectivity index (χ3n) is 4.58. The molecule has 0 unspecified atom stereocenters. The van der Waals surface area contributed by atoms with E-state index >= 15 is 0 Å². The molecular formula is C23H20N2O2S2. The minimum Gasteiger partial charge on any atom is -0.280 e. The van der Waals surface area contributed by atoms with E-state index in [4.69, 9.17) is 4.98 Å². The number of hydrogen-bond donors (Lipinski definition) is 1. The predicted molar refractivity (Wildman–Crippen MR) is 120 cm³/mol. The number of thiazole rings is 1. The Morgan fingerprint density at radius 3 is 2.34 bits per heavy atom. The fourth-order valence-electron chi connectivity index (χ4n) is 2.98. The largest absolute Gasteiger partial charge is 0.280 e. The summed E-state index contributed by atoms with van der Waals surface area (Å²) in [6.07, 6.45) is 0.869. The van der Waals surface area contributed by atoms with Crippen LogP contribution in [0.3, 0.4) is 0 Å². The molecule has 146 valence electrons. The van der Waals surface area contributed by atoms with Gasteiger partial charge in [-0.3, -0.25) is 4.72 Å². The van der Waals surface area contributed by atoms with Crippen LogP contribution in [0.15, 0.2) is 89.1 Å². The Hall–Kier alpha value is -2.96. The first-order valence-electron chi connectivity index (χ1n) is 9.28. The maximum absolute atomic E-state index is 12.7. The van der Waals surface area contributed by atoms with Crippen LogP contribution in [0.1, 0.15) is 12.5 Å². The van der Waals surface area contributed by atoms with Gasteiger partial charge in [-0.05, 0) is 36.2 Å². The fourth-order valence-corrected chi connectivity index (χ4v) is 4.86. The van der Waals surface area contributed by atoms with Crippen LogP contribution in [0.2, 0.25) is 0 Å². The van der Waals surface area contributed by atoms with E-state index in [-0.39, 0.29) is 4.90 Å². The average Bonchev–Trinajstić information content (AvgIpc) is 3.25. The highest BCUT2D eigenvalue weighted by Crippen LogP contribution is 2.30. The van der Waals surface area contributed by atoms with Crippen molar-refractivity contribution in [3.8, 4) is 21.8 Å². The van der Waals surface area contributed by atoms with Crippen molar-refractivity contribution in [2.24, 2.45) is 0 Å². The van der Waals surface area contributed by atoms with Gasteiger partial charge in [0, 0.05) is 22.2 Å². The number of nitrogens with zero attached hydrogens (tertiary/aromatic N) is 1. The van der Waals surface area contributed by atoms with Crippen LogP contribution in [0.5, 0.6) is 0 Å². The Morgan fingerprint density at radius 2 is 1.62 bits per heavy atom. The van der Waals surface area contributed by atoms with Crippen LogP contribution < -0.4 is 4.72 Å². The molecule has 0 spiro atoms. The molecule has 0 saturated carbocycles. The Bertz CT molecular complexity index is 1220. The van der Waals surface area contributed by atoms with Crippen molar-refractivity contribution in [2.45, 2.75) is 18.2 Å². The van der Waals surface area contributed by atoms with Gasteiger partial charge >= 0.3 is 0 Å². The highest BCUT2D eigenvalue weighted by molar-refractivity contribution is 7.92. The molecule has 0 aliphatic rings. The second kappa shape index (κ2) is 8.19. The van der Waals surface area contributed by atoms with Crippen molar-refractivity contribution in [2.75, 3.05) is 4.72 Å². The van der Waals surface area contributed by atoms with Gasteiger partial charge in [-0.15, -0.1) is 11.3 Å². The number of anilines is 1. The molecule has 29 heavy (non-hydrogen) atoms. The molecule has 6 heteroatoms. The van der Waals surface area contributed by atoms with Crippen molar-refractivity contribution in [3.63, 3.8) is 0 Å². The molecule has 0 bridgehead atoms. The number of nitrogens with one attached hydrogen (secondary N) is 1. The molecular weight excluding hydrogens is 400 g/mol. The van der Waals surface area contributed by atoms with Crippen molar-refractivity contribution in [1.29, 1.82) is 0 Å². The predicted octanol–water partition coefficient (Wildman–Crippen LogP) is 5.84. The highest BCUT2D eigenvalue weighted by atomic mass is 32.2. The molecule has 0 aliphatic carbocycles. The van der Waals surface area contributed by atoms with Crippen molar-refractivity contribution < 1.29 is 8.42 Å². The molecule has 0 aliphatic heterocycles. The summed E-state index contributed by atoms with van der Waals surface area (Å²) in [7, 11) is -3.64. The number of aryl methyl sites for hydroxylation is 1. The summed E-state index contributed by atoms with van der Waals surface area (Å²) >= 11 is 1.57. The van der Waals surface area contributed by atoms with Gasteiger partial charge in [-0.1, -0.05) is 61.5 Å². The maximum Gasteiger partial charge on any atom is 0.261 e. The SMILES string of the molecule is CCc1ccc(S(=O)(=O)Nc2cccc(-c3csc(-c4ccccc4)n3)c2)cc1. The Morgan fingerprint density at radius 1 is 0.897 bits per heavy atom. The maximum atomic E-state index is 12.7. The van der Waals surface area contributed by atoms with Gasteiger partial charge in [0.05, 0.1) is 10.6 Å². The molecule has 0 amide bonds. The second-order valence-corrected chi connectivity index (χ2v) is 9.13. The van der Waals surface area contributed by atoms with E-state index in [9.17, 15) is 8.42 Å². The van der Waals surface area contributed by atoms with E-state index in [0.29, 0.717) is 5.69 Å². The van der Waals surface area contributed by atoms with E-state index in [1.165, 1.54) is 0 Å². The monoisotopic (exact) mass is 420 g/mol. The number of sulfonamides is 1. The molecule has 0 fully saturated rings. The van der Waals surface area contributed by atoms with Gasteiger partial charge < -0.3 is 0 Å². The van der Waals surface area contributed by atoms with E-state index in [1.807, 2.05) is 73.0 Å². The van der Waals surface area contributed by atoms with Crippen LogP contribution in [0.25, 0.3) is 21.8 Å². The van der Waals surface area contributed by atoms with Crippen molar-refractivity contribution in [1.82, 2.24) is 4.98 Å². The lowest BCUT2D eigenvalue weighted by atomic mass is 10.1. The van der Waals surface area contributed by atoms with Crippen LogP contribution in [0, 0.1) is 0 Å². The number of rotatable bonds is 6. The number of hydrogen-bond acceptors (Lipinski definition) is 4. The third kappa shape index (κ3) is 4.39. The summed E-state index contributed by atoms with van der Waals surface area (Å²) in [6.45, 7) is 2.04. The lowest BCUT2D eigenvalue weighted by Gasteiger charge is -2.09. The van der Waals surface area contributed by atoms with Crippen LogP contribution >= 0.6 is 11.3 Å². The van der Waals surface area contributed by atoms with Gasteiger partial charge in [0.2, 0.25) is 0 Å². The zero-order valence-corrected chi connectivity index (χ0v) is 17.5. The van der Waals surface area contributed by atoms with E-state index in [1.54, 1.807) is 29.5 Å². The lowest BCUT2D eigenvalue weighted by Crippen LogP contribution is -2.12. The minimum atomic E-state index is -3.64. The summed E-state index contributed by atoms with van der Waals surface area (Å²) in [6, 6.07) is 24.3. The molecule has 0 atom stereocenters. The first kappa shape index (κ1) is 19.4. The topological polar surface area (TPSA) is 59.1 Å². The van der Waals surface area contributed by atoms with E-state index in [0.717, 1.165) is 33.8 Å². The van der Waals surface area contributed by atoms with Gasteiger partial charge in [-0.2, -0.15) is 0 Å². The second-order valence-electron chi connectivity index (χ2n) is 6.59. The van der Waals surface area contributed by atoms with Crippen LogP contribution in [-0.2, 0) is 16.4 Å². The summed E-state index contributed by atoms with van der Waals surface area (Å²) in [5, 5.41) is 2.92. The summed E-state index contributed by atoms with van der Waals surface area (Å²) < 4.78 is 28.1. The van der Waals surface area contributed by atoms with Gasteiger partial charge in [-0.25, -0.2) is 13.4 Å². The quantitative estimate of drug-likeness (QED) is 0.426. The molecule has 4 nitrogen and oxygen atoms in total. The molecule has 0 saturated heterocycles. The first-order valence-corrected chi connectivity index (χ1v) is 11.6. The Labute approximate surface area is 175 Å². The Kier molecular flexibility index (Phi) is 5.47. The zero-order chi connectivity index (χ0) is 20.3. The smallest absolute Gasteiger partial charge is 0.261 e. The third-order valence-corrected chi connectivity index (χ3v) is 6.87. The summed E-state index contributed by atoms with van der Waals surface area (Å²) in [5.41, 5.74) is 4.36. The lowest BCUT2D eigenvalue weighted by molar-refractivity contribution is 0.601. The minimum absolute atomic E-state index is 0.250. The van der Waals surface area contributed by atoms with E-state index < -0.39 is 10.0 Å². The molecule has 3 aromatic carbocycles. The number of benzene rings is 3. The standard InChI is InChI=1S/C23H20N2O2S2/c1-2-17-11-13-21(14-12-17)29(26,27)25-20-10-6-9-19(15-20)22-16-28-23(24-22)18-7-4-3-5-8-18/h3-16,25H,2H2,1H3. The molecule has 1 N–H and O–H groups in total. The van der Waals surface area contributed by atoms with Crippen molar-refractivity contribution in [3.05, 3.63) is 89.8 Å². The van der Waals surface area contributed by atoms with Crippen molar-refractivity contribution >= 4 is 27.0 Å². The zero-order valence-electron chi connectivity index (χ0n) is 15.9. The summed E-state index contributed by atoms with van der Waals surface area (Å²) in [5.74, 6) is 0.